The van der Waals surface area contributed by atoms with E-state index in [1.807, 2.05) is 18.2 Å². The van der Waals surface area contributed by atoms with Crippen LogP contribution in [0.15, 0.2) is 55.6 Å². The van der Waals surface area contributed by atoms with E-state index in [-0.39, 0.29) is 11.7 Å². The van der Waals surface area contributed by atoms with Crippen LogP contribution in [-0.2, 0) is 0 Å². The zero-order valence-corrected chi connectivity index (χ0v) is 7.44. The molecule has 0 saturated carbocycles. The molecule has 1 aromatic rings. The minimum atomic E-state index is -0.276. The number of carbonyl (C=O) groups is 1. The quantitative estimate of drug-likeness (QED) is 0.504. The second kappa shape index (κ2) is 4.41. The lowest BCUT2D eigenvalue weighted by Crippen LogP contribution is -2.09. The molecular formula is C12H12O. The fourth-order valence-corrected chi connectivity index (χ4v) is 1.11. The van der Waals surface area contributed by atoms with Crippen LogP contribution in [0.4, 0.5) is 0 Å². The molecule has 0 heterocycles. The van der Waals surface area contributed by atoms with Crippen molar-refractivity contribution in [3.05, 3.63) is 61.2 Å². The van der Waals surface area contributed by atoms with Crippen molar-refractivity contribution in [2.24, 2.45) is 5.92 Å². The fourth-order valence-electron chi connectivity index (χ4n) is 1.11. The van der Waals surface area contributed by atoms with Crippen LogP contribution in [0.1, 0.15) is 10.4 Å². The molecule has 0 spiro atoms. The molecule has 1 aromatic carbocycles. The molecule has 1 nitrogen and oxygen atoms in total. The molecule has 0 aliphatic carbocycles. The third-order valence-corrected chi connectivity index (χ3v) is 1.87. The number of Topliss-reactive ketones (excluding diaryl/α,β-unsaturated/α-hetero) is 1. The summed E-state index contributed by atoms with van der Waals surface area (Å²) in [7, 11) is 0. The highest BCUT2D eigenvalue weighted by Gasteiger charge is 2.11. The SMILES string of the molecule is C=CC(C=C)C(=O)c1ccccc1. The Labute approximate surface area is 78.4 Å². The lowest BCUT2D eigenvalue weighted by molar-refractivity contribution is 0.0965. The Bertz CT molecular complexity index is 303. The molecule has 0 aliphatic rings. The molecule has 0 N–H and O–H groups in total. The zero-order chi connectivity index (χ0) is 9.68. The van der Waals surface area contributed by atoms with E-state index in [0.29, 0.717) is 5.56 Å². The highest BCUT2D eigenvalue weighted by Crippen LogP contribution is 2.10. The Kier molecular flexibility index (Phi) is 3.21. The molecule has 0 radical (unpaired) electrons. The molecular weight excluding hydrogens is 160 g/mol. The van der Waals surface area contributed by atoms with Crippen molar-refractivity contribution in [3.8, 4) is 0 Å². The van der Waals surface area contributed by atoms with E-state index in [0.717, 1.165) is 0 Å². The molecule has 0 amide bonds. The van der Waals surface area contributed by atoms with Crippen LogP contribution < -0.4 is 0 Å². The number of hydrogen-bond acceptors (Lipinski definition) is 1. The van der Waals surface area contributed by atoms with Gasteiger partial charge in [0.15, 0.2) is 5.78 Å². The molecule has 0 atom stereocenters. The lowest BCUT2D eigenvalue weighted by Gasteiger charge is -2.04. The van der Waals surface area contributed by atoms with Gasteiger partial charge in [-0.2, -0.15) is 0 Å². The smallest absolute Gasteiger partial charge is 0.173 e. The summed E-state index contributed by atoms with van der Waals surface area (Å²) in [5.74, 6) is -0.229. The highest BCUT2D eigenvalue weighted by atomic mass is 16.1. The molecule has 1 rings (SSSR count). The van der Waals surface area contributed by atoms with Crippen LogP contribution in [0.5, 0.6) is 0 Å². The Morgan fingerprint density at radius 3 is 2.15 bits per heavy atom. The number of allylic oxidation sites excluding steroid dienone is 2. The van der Waals surface area contributed by atoms with Gasteiger partial charge in [0.1, 0.15) is 0 Å². The molecule has 0 fully saturated rings. The van der Waals surface area contributed by atoms with E-state index >= 15 is 0 Å². The Balaban J connectivity index is 2.90. The van der Waals surface area contributed by atoms with Gasteiger partial charge in [-0.25, -0.2) is 0 Å². The lowest BCUT2D eigenvalue weighted by atomic mass is 9.98. The van der Waals surface area contributed by atoms with Crippen molar-refractivity contribution in [1.82, 2.24) is 0 Å². The predicted octanol–water partition coefficient (Wildman–Crippen LogP) is 2.86. The van der Waals surface area contributed by atoms with Crippen molar-refractivity contribution >= 4 is 5.78 Å². The van der Waals surface area contributed by atoms with Gasteiger partial charge in [-0.1, -0.05) is 42.5 Å². The average molecular weight is 172 g/mol. The number of carbonyl (C=O) groups excluding carboxylic acids is 1. The molecule has 1 heteroatoms. The normalized spacial score (nSPS) is 9.62. The van der Waals surface area contributed by atoms with Crippen molar-refractivity contribution in [2.45, 2.75) is 0 Å². The molecule has 0 aromatic heterocycles. The van der Waals surface area contributed by atoms with Crippen LogP contribution in [0, 0.1) is 5.92 Å². The Hall–Kier alpha value is -1.63. The summed E-state index contributed by atoms with van der Waals surface area (Å²) >= 11 is 0. The topological polar surface area (TPSA) is 17.1 Å². The van der Waals surface area contributed by atoms with Crippen molar-refractivity contribution in [1.29, 1.82) is 0 Å². The molecule has 0 aliphatic heterocycles. The Morgan fingerprint density at radius 1 is 1.15 bits per heavy atom. The summed E-state index contributed by atoms with van der Waals surface area (Å²) in [6.07, 6.45) is 3.20. The summed E-state index contributed by atoms with van der Waals surface area (Å²) in [5.41, 5.74) is 0.701. The third-order valence-electron chi connectivity index (χ3n) is 1.87. The number of rotatable bonds is 4. The van der Waals surface area contributed by atoms with E-state index in [1.54, 1.807) is 24.3 Å². The van der Waals surface area contributed by atoms with Gasteiger partial charge in [0.05, 0.1) is 5.92 Å². The van der Waals surface area contributed by atoms with E-state index in [4.69, 9.17) is 0 Å². The van der Waals surface area contributed by atoms with Gasteiger partial charge >= 0.3 is 0 Å². The minimum absolute atomic E-state index is 0.0469. The van der Waals surface area contributed by atoms with Gasteiger partial charge in [-0.15, -0.1) is 13.2 Å². The standard InChI is InChI=1S/C12H12O/c1-3-10(4-2)12(13)11-8-6-5-7-9-11/h3-10H,1-2H2. The van der Waals surface area contributed by atoms with Gasteiger partial charge in [0.25, 0.3) is 0 Å². The molecule has 0 saturated heterocycles. The largest absolute Gasteiger partial charge is 0.293 e. The van der Waals surface area contributed by atoms with E-state index in [2.05, 4.69) is 13.2 Å². The maximum atomic E-state index is 11.7. The summed E-state index contributed by atoms with van der Waals surface area (Å²) in [5, 5.41) is 0. The maximum Gasteiger partial charge on any atom is 0.173 e. The zero-order valence-electron chi connectivity index (χ0n) is 7.44. The summed E-state index contributed by atoms with van der Waals surface area (Å²) in [4.78, 5) is 11.7. The van der Waals surface area contributed by atoms with Crippen molar-refractivity contribution in [2.75, 3.05) is 0 Å². The monoisotopic (exact) mass is 172 g/mol. The molecule has 13 heavy (non-hydrogen) atoms. The first-order valence-corrected chi connectivity index (χ1v) is 4.14. The van der Waals surface area contributed by atoms with Gasteiger partial charge < -0.3 is 0 Å². The van der Waals surface area contributed by atoms with Crippen LogP contribution in [0.25, 0.3) is 0 Å². The summed E-state index contributed by atoms with van der Waals surface area (Å²) < 4.78 is 0. The molecule has 0 bridgehead atoms. The average Bonchev–Trinajstić information content (AvgIpc) is 2.21. The maximum absolute atomic E-state index is 11.7. The van der Waals surface area contributed by atoms with Gasteiger partial charge in [0, 0.05) is 5.56 Å². The third kappa shape index (κ3) is 2.15. The minimum Gasteiger partial charge on any atom is -0.293 e. The van der Waals surface area contributed by atoms with Crippen molar-refractivity contribution < 1.29 is 4.79 Å². The number of ketones is 1. The van der Waals surface area contributed by atoms with Crippen LogP contribution >= 0.6 is 0 Å². The second-order valence-corrected chi connectivity index (χ2v) is 2.73. The predicted molar refractivity (Wildman–Crippen MR) is 54.7 cm³/mol. The first-order valence-electron chi connectivity index (χ1n) is 4.14. The number of benzene rings is 1. The second-order valence-electron chi connectivity index (χ2n) is 2.73. The number of hydrogen-bond donors (Lipinski definition) is 0. The van der Waals surface area contributed by atoms with Gasteiger partial charge in [-0.05, 0) is 0 Å². The van der Waals surface area contributed by atoms with Gasteiger partial charge in [-0.3, -0.25) is 4.79 Å². The van der Waals surface area contributed by atoms with Gasteiger partial charge in [0.2, 0.25) is 0 Å². The fraction of sp³-hybridized carbons (Fsp3) is 0.0833. The molecule has 66 valence electrons. The van der Waals surface area contributed by atoms with E-state index in [9.17, 15) is 4.79 Å². The van der Waals surface area contributed by atoms with E-state index in [1.165, 1.54) is 0 Å². The first-order chi connectivity index (χ1) is 6.29. The van der Waals surface area contributed by atoms with Crippen LogP contribution in [0.2, 0.25) is 0 Å². The van der Waals surface area contributed by atoms with Crippen molar-refractivity contribution in [3.63, 3.8) is 0 Å². The van der Waals surface area contributed by atoms with Crippen LogP contribution in [0.3, 0.4) is 0 Å². The highest BCUT2D eigenvalue weighted by molar-refractivity contribution is 5.99. The van der Waals surface area contributed by atoms with E-state index < -0.39 is 0 Å². The first kappa shape index (κ1) is 9.46. The Morgan fingerprint density at radius 2 is 1.69 bits per heavy atom. The summed E-state index contributed by atoms with van der Waals surface area (Å²) in [6.45, 7) is 7.17. The van der Waals surface area contributed by atoms with Crippen LogP contribution in [-0.4, -0.2) is 5.78 Å². The molecule has 0 unspecified atom stereocenters. The summed E-state index contributed by atoms with van der Waals surface area (Å²) in [6, 6.07) is 9.16.